The van der Waals surface area contributed by atoms with Gasteiger partial charge in [-0.25, -0.2) is 13.6 Å². The van der Waals surface area contributed by atoms with E-state index in [1.807, 2.05) is 0 Å². The quantitative estimate of drug-likeness (QED) is 0.901. The first-order valence-corrected chi connectivity index (χ1v) is 7.50. The van der Waals surface area contributed by atoms with E-state index >= 15 is 0 Å². The Bertz CT molecular complexity index is 712. The van der Waals surface area contributed by atoms with Crippen molar-refractivity contribution in [3.8, 4) is 11.3 Å². The SMILES string of the molecule is CC(O)/C=C/c1ccc(-c2ccc(S(N)(=O)=O)cc2)o1. The maximum absolute atomic E-state index is 11.2. The van der Waals surface area contributed by atoms with Crippen LogP contribution in [0.1, 0.15) is 12.7 Å². The molecule has 0 aliphatic rings. The maximum atomic E-state index is 11.2. The fourth-order valence-electron chi connectivity index (χ4n) is 1.64. The van der Waals surface area contributed by atoms with Gasteiger partial charge >= 0.3 is 0 Å². The largest absolute Gasteiger partial charge is 0.457 e. The number of rotatable bonds is 4. The van der Waals surface area contributed by atoms with Crippen LogP contribution in [0.3, 0.4) is 0 Å². The van der Waals surface area contributed by atoms with Crippen molar-refractivity contribution in [2.24, 2.45) is 5.14 Å². The average Bonchev–Trinajstić information content (AvgIpc) is 2.84. The Morgan fingerprint density at radius 1 is 1.20 bits per heavy atom. The van der Waals surface area contributed by atoms with Gasteiger partial charge in [0, 0.05) is 5.56 Å². The Kier molecular flexibility index (Phi) is 4.08. The summed E-state index contributed by atoms with van der Waals surface area (Å²) in [5, 5.41) is 14.2. The first kappa shape index (κ1) is 14.5. The summed E-state index contributed by atoms with van der Waals surface area (Å²) < 4.78 is 27.9. The third-order valence-electron chi connectivity index (χ3n) is 2.63. The molecule has 1 aromatic heterocycles. The zero-order valence-corrected chi connectivity index (χ0v) is 11.7. The van der Waals surface area contributed by atoms with Crippen molar-refractivity contribution in [2.45, 2.75) is 17.9 Å². The van der Waals surface area contributed by atoms with Gasteiger partial charge < -0.3 is 9.52 Å². The molecule has 1 aromatic carbocycles. The van der Waals surface area contributed by atoms with Gasteiger partial charge in [0.1, 0.15) is 11.5 Å². The smallest absolute Gasteiger partial charge is 0.238 e. The second-order valence-electron chi connectivity index (χ2n) is 4.37. The van der Waals surface area contributed by atoms with E-state index in [1.54, 1.807) is 43.3 Å². The third kappa shape index (κ3) is 3.57. The van der Waals surface area contributed by atoms with Crippen LogP contribution in [0, 0.1) is 0 Å². The molecule has 0 amide bonds. The highest BCUT2D eigenvalue weighted by atomic mass is 32.2. The van der Waals surface area contributed by atoms with Gasteiger partial charge in [-0.1, -0.05) is 6.08 Å². The summed E-state index contributed by atoms with van der Waals surface area (Å²) in [7, 11) is -3.68. The minimum atomic E-state index is -3.68. The lowest BCUT2D eigenvalue weighted by Gasteiger charge is -2.00. The Hall–Kier alpha value is -1.89. The molecule has 106 valence electrons. The molecule has 2 rings (SSSR count). The number of hydrogen-bond acceptors (Lipinski definition) is 4. The zero-order valence-electron chi connectivity index (χ0n) is 10.9. The summed E-state index contributed by atoms with van der Waals surface area (Å²) in [6.45, 7) is 1.65. The number of hydrogen-bond donors (Lipinski definition) is 2. The number of primary sulfonamides is 1. The molecule has 2 aromatic rings. The van der Waals surface area contributed by atoms with E-state index in [-0.39, 0.29) is 4.90 Å². The lowest BCUT2D eigenvalue weighted by atomic mass is 10.2. The van der Waals surface area contributed by atoms with E-state index in [1.165, 1.54) is 12.1 Å². The van der Waals surface area contributed by atoms with Crippen LogP contribution < -0.4 is 5.14 Å². The highest BCUT2D eigenvalue weighted by molar-refractivity contribution is 7.89. The van der Waals surface area contributed by atoms with Gasteiger partial charge in [-0.05, 0) is 49.4 Å². The van der Waals surface area contributed by atoms with Crippen LogP contribution in [-0.4, -0.2) is 19.6 Å². The van der Waals surface area contributed by atoms with E-state index in [2.05, 4.69) is 0 Å². The lowest BCUT2D eigenvalue weighted by molar-refractivity contribution is 0.245. The molecule has 0 aliphatic carbocycles. The van der Waals surface area contributed by atoms with E-state index in [0.29, 0.717) is 11.5 Å². The maximum Gasteiger partial charge on any atom is 0.238 e. The van der Waals surface area contributed by atoms with Crippen LogP contribution in [0.25, 0.3) is 17.4 Å². The molecule has 0 saturated heterocycles. The predicted molar refractivity (Wildman–Crippen MR) is 76.2 cm³/mol. The second-order valence-corrected chi connectivity index (χ2v) is 5.93. The fourth-order valence-corrected chi connectivity index (χ4v) is 2.16. The standard InChI is InChI=1S/C14H15NO4S/c1-10(16)2-5-12-6-9-14(19-12)11-3-7-13(8-4-11)20(15,17)18/h2-10,16H,1H3,(H2,15,17,18)/b5-2+. The number of aliphatic hydroxyl groups is 1. The molecule has 1 heterocycles. The molecule has 1 unspecified atom stereocenters. The Labute approximate surface area is 117 Å². The number of nitrogens with two attached hydrogens (primary N) is 1. The minimum Gasteiger partial charge on any atom is -0.457 e. The highest BCUT2D eigenvalue weighted by Gasteiger charge is 2.09. The summed E-state index contributed by atoms with van der Waals surface area (Å²) in [5.74, 6) is 1.22. The molecule has 5 nitrogen and oxygen atoms in total. The molecule has 3 N–H and O–H groups in total. The summed E-state index contributed by atoms with van der Waals surface area (Å²) in [5.41, 5.74) is 0.745. The molecule has 0 radical (unpaired) electrons. The van der Waals surface area contributed by atoms with Crippen LogP contribution in [-0.2, 0) is 10.0 Å². The first-order chi connectivity index (χ1) is 9.36. The van der Waals surface area contributed by atoms with Crippen molar-refractivity contribution >= 4 is 16.1 Å². The number of benzene rings is 1. The van der Waals surface area contributed by atoms with E-state index in [9.17, 15) is 8.42 Å². The fraction of sp³-hybridized carbons (Fsp3) is 0.143. The highest BCUT2D eigenvalue weighted by Crippen LogP contribution is 2.24. The molecule has 0 spiro atoms. The normalized spacial score (nSPS) is 13.8. The number of aliphatic hydroxyl groups excluding tert-OH is 1. The van der Waals surface area contributed by atoms with Gasteiger partial charge in [-0.2, -0.15) is 0 Å². The van der Waals surface area contributed by atoms with E-state index < -0.39 is 16.1 Å². The van der Waals surface area contributed by atoms with Crippen LogP contribution >= 0.6 is 0 Å². The lowest BCUT2D eigenvalue weighted by Crippen LogP contribution is -2.11. The predicted octanol–water partition coefficient (Wildman–Crippen LogP) is 1.99. The van der Waals surface area contributed by atoms with Crippen LogP contribution in [0.15, 0.2) is 51.8 Å². The van der Waals surface area contributed by atoms with Crippen LogP contribution in [0.2, 0.25) is 0 Å². The molecule has 0 saturated carbocycles. The molecular weight excluding hydrogens is 278 g/mol. The summed E-state index contributed by atoms with van der Waals surface area (Å²) in [4.78, 5) is 0.0574. The molecule has 1 atom stereocenters. The number of furan rings is 1. The molecule has 0 aliphatic heterocycles. The Morgan fingerprint density at radius 3 is 2.40 bits per heavy atom. The van der Waals surface area contributed by atoms with Crippen LogP contribution in [0.4, 0.5) is 0 Å². The summed E-state index contributed by atoms with van der Waals surface area (Å²) >= 11 is 0. The minimum absolute atomic E-state index is 0.0574. The average molecular weight is 293 g/mol. The van der Waals surface area contributed by atoms with Gasteiger partial charge in [0.25, 0.3) is 0 Å². The van der Waals surface area contributed by atoms with Crippen molar-refractivity contribution in [3.05, 3.63) is 48.2 Å². The molecule has 6 heteroatoms. The van der Waals surface area contributed by atoms with Crippen molar-refractivity contribution in [1.29, 1.82) is 0 Å². The van der Waals surface area contributed by atoms with Gasteiger partial charge in [0.05, 0.1) is 11.0 Å². The second kappa shape index (κ2) is 5.62. The first-order valence-electron chi connectivity index (χ1n) is 5.95. The molecular formula is C14H15NO4S. The Morgan fingerprint density at radius 2 is 1.85 bits per heavy atom. The van der Waals surface area contributed by atoms with Gasteiger partial charge in [0.15, 0.2) is 0 Å². The summed E-state index contributed by atoms with van der Waals surface area (Å²) in [6.07, 6.45) is 2.73. The van der Waals surface area contributed by atoms with E-state index in [4.69, 9.17) is 14.7 Å². The van der Waals surface area contributed by atoms with Gasteiger partial charge in [0.2, 0.25) is 10.0 Å². The van der Waals surface area contributed by atoms with Crippen molar-refractivity contribution < 1.29 is 17.9 Å². The third-order valence-corrected chi connectivity index (χ3v) is 3.56. The van der Waals surface area contributed by atoms with Crippen molar-refractivity contribution in [1.82, 2.24) is 0 Å². The molecule has 20 heavy (non-hydrogen) atoms. The monoisotopic (exact) mass is 293 g/mol. The Balaban J connectivity index is 2.25. The van der Waals surface area contributed by atoms with Crippen LogP contribution in [0.5, 0.6) is 0 Å². The zero-order chi connectivity index (χ0) is 14.8. The molecule has 0 bridgehead atoms. The van der Waals surface area contributed by atoms with Crippen molar-refractivity contribution in [3.63, 3.8) is 0 Å². The molecule has 0 fully saturated rings. The van der Waals surface area contributed by atoms with Gasteiger partial charge in [-0.3, -0.25) is 0 Å². The van der Waals surface area contributed by atoms with E-state index in [0.717, 1.165) is 5.56 Å². The van der Waals surface area contributed by atoms with Gasteiger partial charge in [-0.15, -0.1) is 0 Å². The topological polar surface area (TPSA) is 93.5 Å². The summed E-state index contributed by atoms with van der Waals surface area (Å²) in [6, 6.07) is 9.65. The number of sulfonamides is 1. The van der Waals surface area contributed by atoms with Crippen molar-refractivity contribution in [2.75, 3.05) is 0 Å².